The third-order valence-corrected chi connectivity index (χ3v) is 3.37. The van der Waals surface area contributed by atoms with E-state index in [1.165, 1.54) is 32.1 Å². The Morgan fingerprint density at radius 3 is 2.76 bits per heavy atom. The van der Waals surface area contributed by atoms with Gasteiger partial charge in [0.25, 0.3) is 0 Å². The molecule has 1 fully saturated rings. The third-order valence-electron chi connectivity index (χ3n) is 3.37. The Labute approximate surface area is 102 Å². The number of hydrogen-bond donors (Lipinski definition) is 2. The highest BCUT2D eigenvalue weighted by atomic mass is 16.4. The lowest BCUT2D eigenvalue weighted by Gasteiger charge is -2.22. The van der Waals surface area contributed by atoms with Gasteiger partial charge in [0, 0.05) is 12.6 Å². The van der Waals surface area contributed by atoms with Crippen LogP contribution in [0.4, 0.5) is 0 Å². The van der Waals surface area contributed by atoms with Gasteiger partial charge in [-0.15, -0.1) is 0 Å². The van der Waals surface area contributed by atoms with Gasteiger partial charge in [-0.05, 0) is 30.5 Å². The summed E-state index contributed by atoms with van der Waals surface area (Å²) in [6.07, 6.45) is 6.48. The second-order valence-corrected chi connectivity index (χ2v) is 4.72. The Morgan fingerprint density at radius 2 is 2.06 bits per heavy atom. The van der Waals surface area contributed by atoms with Crippen molar-refractivity contribution in [3.8, 4) is 0 Å². The summed E-state index contributed by atoms with van der Waals surface area (Å²) < 4.78 is 0. The molecule has 0 aromatic heterocycles. The Bertz CT molecular complexity index is 384. The standard InChI is InChI=1S/C14H19NO2/c16-14(17)12-6-4-5-11(9-12)10-15-13-7-2-1-3-8-13/h4-6,9,13,15H,1-3,7-8,10H2,(H,16,17). The van der Waals surface area contributed by atoms with E-state index in [0.717, 1.165) is 12.1 Å². The average molecular weight is 233 g/mol. The van der Waals surface area contributed by atoms with E-state index in [1.807, 2.05) is 6.07 Å². The van der Waals surface area contributed by atoms with Crippen LogP contribution in [0.2, 0.25) is 0 Å². The van der Waals surface area contributed by atoms with Crippen molar-refractivity contribution in [2.24, 2.45) is 0 Å². The third kappa shape index (κ3) is 3.56. The van der Waals surface area contributed by atoms with Crippen molar-refractivity contribution in [3.05, 3.63) is 35.4 Å². The maximum Gasteiger partial charge on any atom is 0.335 e. The highest BCUT2D eigenvalue weighted by molar-refractivity contribution is 5.87. The lowest BCUT2D eigenvalue weighted by Crippen LogP contribution is -2.30. The van der Waals surface area contributed by atoms with Crippen LogP contribution in [0.3, 0.4) is 0 Å². The van der Waals surface area contributed by atoms with Crippen LogP contribution in [0.25, 0.3) is 0 Å². The molecule has 3 nitrogen and oxygen atoms in total. The van der Waals surface area contributed by atoms with Crippen LogP contribution in [0.5, 0.6) is 0 Å². The molecule has 3 heteroatoms. The van der Waals surface area contributed by atoms with Crippen molar-refractivity contribution in [1.82, 2.24) is 5.32 Å². The zero-order valence-electron chi connectivity index (χ0n) is 9.98. The molecule has 0 atom stereocenters. The lowest BCUT2D eigenvalue weighted by atomic mass is 9.95. The maximum atomic E-state index is 10.8. The van der Waals surface area contributed by atoms with Gasteiger partial charge in [-0.1, -0.05) is 31.4 Å². The van der Waals surface area contributed by atoms with Crippen molar-refractivity contribution in [3.63, 3.8) is 0 Å². The van der Waals surface area contributed by atoms with Crippen LogP contribution in [0.1, 0.15) is 48.0 Å². The lowest BCUT2D eigenvalue weighted by molar-refractivity contribution is 0.0696. The molecule has 0 bridgehead atoms. The smallest absolute Gasteiger partial charge is 0.335 e. The van der Waals surface area contributed by atoms with Crippen LogP contribution in [-0.2, 0) is 6.54 Å². The quantitative estimate of drug-likeness (QED) is 0.840. The first-order valence-electron chi connectivity index (χ1n) is 6.31. The molecule has 1 aliphatic rings. The van der Waals surface area contributed by atoms with Crippen LogP contribution >= 0.6 is 0 Å². The molecule has 1 aliphatic carbocycles. The number of carbonyl (C=O) groups is 1. The van der Waals surface area contributed by atoms with Gasteiger partial charge in [-0.25, -0.2) is 4.79 Å². The highest BCUT2D eigenvalue weighted by Crippen LogP contribution is 2.17. The zero-order valence-corrected chi connectivity index (χ0v) is 9.98. The number of aromatic carboxylic acids is 1. The van der Waals surface area contributed by atoms with Crippen molar-refractivity contribution in [2.45, 2.75) is 44.7 Å². The van der Waals surface area contributed by atoms with Gasteiger partial charge in [0.05, 0.1) is 5.56 Å². The number of rotatable bonds is 4. The molecule has 0 radical (unpaired) electrons. The largest absolute Gasteiger partial charge is 0.478 e. The van der Waals surface area contributed by atoms with Gasteiger partial charge < -0.3 is 10.4 Å². The minimum atomic E-state index is -0.857. The van der Waals surface area contributed by atoms with E-state index in [0.29, 0.717) is 11.6 Å². The molecule has 0 spiro atoms. The molecule has 1 aromatic carbocycles. The molecule has 1 saturated carbocycles. The molecule has 2 N–H and O–H groups in total. The van der Waals surface area contributed by atoms with Crippen molar-refractivity contribution in [1.29, 1.82) is 0 Å². The minimum absolute atomic E-state index is 0.368. The van der Waals surface area contributed by atoms with Gasteiger partial charge >= 0.3 is 5.97 Å². The number of hydrogen-bond acceptors (Lipinski definition) is 2. The van der Waals surface area contributed by atoms with Crippen molar-refractivity contribution in [2.75, 3.05) is 0 Å². The zero-order chi connectivity index (χ0) is 12.1. The molecule has 0 amide bonds. The van der Waals surface area contributed by atoms with E-state index in [1.54, 1.807) is 18.2 Å². The fourth-order valence-corrected chi connectivity index (χ4v) is 2.38. The van der Waals surface area contributed by atoms with Gasteiger partial charge in [0.1, 0.15) is 0 Å². The van der Waals surface area contributed by atoms with E-state index in [4.69, 9.17) is 5.11 Å². The molecule has 17 heavy (non-hydrogen) atoms. The summed E-state index contributed by atoms with van der Waals surface area (Å²) in [4.78, 5) is 10.8. The van der Waals surface area contributed by atoms with Crippen molar-refractivity contribution < 1.29 is 9.90 Å². The Morgan fingerprint density at radius 1 is 1.29 bits per heavy atom. The SMILES string of the molecule is O=C(O)c1cccc(CNC2CCCCC2)c1. The van der Waals surface area contributed by atoms with Gasteiger partial charge in [-0.2, -0.15) is 0 Å². The number of nitrogens with one attached hydrogen (secondary N) is 1. The van der Waals surface area contributed by atoms with Gasteiger partial charge in [0.15, 0.2) is 0 Å². The van der Waals surface area contributed by atoms with E-state index >= 15 is 0 Å². The molecule has 92 valence electrons. The average Bonchev–Trinajstić information content (AvgIpc) is 2.38. The van der Waals surface area contributed by atoms with Crippen molar-refractivity contribution >= 4 is 5.97 Å². The first-order chi connectivity index (χ1) is 8.25. The molecule has 0 unspecified atom stereocenters. The van der Waals surface area contributed by atoms with E-state index in [-0.39, 0.29) is 0 Å². The van der Waals surface area contributed by atoms with E-state index in [2.05, 4.69) is 5.32 Å². The van der Waals surface area contributed by atoms with Crippen LogP contribution in [0, 0.1) is 0 Å². The monoisotopic (exact) mass is 233 g/mol. The molecule has 0 aliphatic heterocycles. The Kier molecular flexibility index (Phi) is 4.15. The fraction of sp³-hybridized carbons (Fsp3) is 0.500. The van der Waals surface area contributed by atoms with E-state index in [9.17, 15) is 4.79 Å². The Hall–Kier alpha value is -1.35. The fourth-order valence-electron chi connectivity index (χ4n) is 2.38. The topological polar surface area (TPSA) is 49.3 Å². The summed E-state index contributed by atoms with van der Waals surface area (Å²) in [5.74, 6) is -0.857. The number of benzene rings is 1. The molecule has 1 aromatic rings. The summed E-state index contributed by atoms with van der Waals surface area (Å²) in [6.45, 7) is 0.770. The maximum absolute atomic E-state index is 10.8. The van der Waals surface area contributed by atoms with Crippen LogP contribution in [0.15, 0.2) is 24.3 Å². The summed E-state index contributed by atoms with van der Waals surface area (Å²) in [5.41, 5.74) is 1.42. The van der Waals surface area contributed by atoms with Crippen LogP contribution < -0.4 is 5.32 Å². The molecule has 2 rings (SSSR count). The number of carboxylic acid groups (broad SMARTS) is 1. The molecular weight excluding hydrogens is 214 g/mol. The summed E-state index contributed by atoms with van der Waals surface area (Å²) in [5, 5.41) is 12.4. The number of carboxylic acids is 1. The first kappa shape index (κ1) is 12.1. The second kappa shape index (κ2) is 5.82. The minimum Gasteiger partial charge on any atom is -0.478 e. The Balaban J connectivity index is 1.89. The predicted octanol–water partition coefficient (Wildman–Crippen LogP) is 2.81. The molecular formula is C14H19NO2. The summed E-state index contributed by atoms with van der Waals surface area (Å²) in [7, 11) is 0. The van der Waals surface area contributed by atoms with Crippen LogP contribution in [-0.4, -0.2) is 17.1 Å². The first-order valence-corrected chi connectivity index (χ1v) is 6.31. The van der Waals surface area contributed by atoms with Gasteiger partial charge in [0.2, 0.25) is 0 Å². The second-order valence-electron chi connectivity index (χ2n) is 4.72. The highest BCUT2D eigenvalue weighted by Gasteiger charge is 2.12. The summed E-state index contributed by atoms with van der Waals surface area (Å²) in [6, 6.07) is 7.77. The molecule has 0 saturated heterocycles. The summed E-state index contributed by atoms with van der Waals surface area (Å²) >= 11 is 0. The van der Waals surface area contributed by atoms with E-state index < -0.39 is 5.97 Å². The van der Waals surface area contributed by atoms with Gasteiger partial charge in [-0.3, -0.25) is 0 Å². The predicted molar refractivity (Wildman–Crippen MR) is 67.1 cm³/mol. The normalized spacial score (nSPS) is 16.9. The molecule has 0 heterocycles.